The zero-order valence-electron chi connectivity index (χ0n) is 12.8. The van der Waals surface area contributed by atoms with E-state index >= 15 is 0 Å². The Kier molecular flexibility index (Phi) is 11.9. The van der Waals surface area contributed by atoms with Crippen molar-refractivity contribution in [1.29, 1.82) is 0 Å². The van der Waals surface area contributed by atoms with E-state index in [1.807, 2.05) is 0 Å². The number of ether oxygens (including phenoxy) is 1. The molecule has 0 radical (unpaired) electrons. The first-order valence-corrected chi connectivity index (χ1v) is 8.39. The van der Waals surface area contributed by atoms with Crippen molar-refractivity contribution in [2.45, 2.75) is 43.4 Å². The number of benzene rings is 1. The van der Waals surface area contributed by atoms with Crippen LogP contribution in [0.25, 0.3) is 0 Å². The molecule has 0 N–H and O–H groups in total. The molecule has 0 bridgehead atoms. The van der Waals surface area contributed by atoms with Gasteiger partial charge in [0.25, 0.3) is 0 Å². The fourth-order valence-electron chi connectivity index (χ4n) is 1.83. The minimum atomic E-state index is -4.53. The van der Waals surface area contributed by atoms with Crippen LogP contribution < -0.4 is 34.3 Å². The Morgan fingerprint density at radius 2 is 1.73 bits per heavy atom. The largest absolute Gasteiger partial charge is 1.00 e. The van der Waals surface area contributed by atoms with Gasteiger partial charge in [-0.15, -0.1) is 0 Å². The van der Waals surface area contributed by atoms with E-state index in [2.05, 4.69) is 0 Å². The van der Waals surface area contributed by atoms with Crippen LogP contribution in [0.5, 0.6) is 5.75 Å². The van der Waals surface area contributed by atoms with Crippen LogP contribution in [0.1, 0.15) is 38.5 Å². The molecule has 0 aliphatic rings. The Hall–Kier alpha value is -0.400. The van der Waals surface area contributed by atoms with Gasteiger partial charge in [-0.3, -0.25) is 4.39 Å². The van der Waals surface area contributed by atoms with Crippen LogP contribution in [0.4, 0.5) is 4.39 Å². The van der Waals surface area contributed by atoms with Crippen LogP contribution in [0.2, 0.25) is 0 Å². The number of halogens is 1. The van der Waals surface area contributed by atoms with E-state index in [-0.39, 0.29) is 46.9 Å². The summed E-state index contributed by atoms with van der Waals surface area (Å²) in [7, 11) is -4.53. The molecule has 0 heterocycles. The average molecular weight is 338 g/mol. The van der Waals surface area contributed by atoms with Crippen LogP contribution in [-0.4, -0.2) is 19.6 Å². The third-order valence-corrected chi connectivity index (χ3v) is 3.79. The second-order valence-corrected chi connectivity index (χ2v) is 5.98. The number of rotatable bonds is 10. The predicted octanol–water partition coefficient (Wildman–Crippen LogP) is 0.797. The van der Waals surface area contributed by atoms with Crippen molar-refractivity contribution in [2.75, 3.05) is 6.67 Å². The quantitative estimate of drug-likeness (QED) is 0.274. The monoisotopic (exact) mass is 338 g/mol. The van der Waals surface area contributed by atoms with Crippen molar-refractivity contribution in [3.8, 4) is 5.75 Å². The Labute approximate surface area is 153 Å². The van der Waals surface area contributed by atoms with Crippen LogP contribution in [0.15, 0.2) is 41.5 Å². The summed E-state index contributed by atoms with van der Waals surface area (Å²) in [6, 6.07) is 5.73. The van der Waals surface area contributed by atoms with Gasteiger partial charge in [-0.1, -0.05) is 31.4 Å². The normalized spacial score (nSPS) is 11.4. The molecule has 1 aromatic carbocycles. The smallest absolute Gasteiger partial charge is 0.744 e. The molecular weight excluding hydrogens is 318 g/mol. The average Bonchev–Trinajstić information content (AvgIpc) is 2.45. The van der Waals surface area contributed by atoms with Crippen LogP contribution in [0.3, 0.4) is 0 Å². The first kappa shape index (κ1) is 21.6. The van der Waals surface area contributed by atoms with Crippen LogP contribution in [0, 0.1) is 0 Å². The SMILES string of the molecule is O=S(=O)([O-])c1ccccc1OC=CCCCCCCCF.[Na+]. The van der Waals surface area contributed by atoms with E-state index < -0.39 is 10.1 Å². The molecule has 0 saturated carbocycles. The van der Waals surface area contributed by atoms with E-state index in [0.29, 0.717) is 6.42 Å². The summed E-state index contributed by atoms with van der Waals surface area (Å²) in [4.78, 5) is -0.360. The third-order valence-electron chi connectivity index (χ3n) is 2.91. The summed E-state index contributed by atoms with van der Waals surface area (Å²) in [6.45, 7) is -0.254. The predicted molar refractivity (Wildman–Crippen MR) is 77.9 cm³/mol. The topological polar surface area (TPSA) is 66.4 Å². The number of allylic oxidation sites excluding steroid dienone is 1. The van der Waals surface area contributed by atoms with Crippen LogP contribution >= 0.6 is 0 Å². The molecule has 22 heavy (non-hydrogen) atoms. The minimum Gasteiger partial charge on any atom is -0.744 e. The molecule has 0 atom stereocenters. The fraction of sp³-hybridized carbons (Fsp3) is 0.467. The minimum absolute atomic E-state index is 0. The van der Waals surface area contributed by atoms with Crippen molar-refractivity contribution < 1.29 is 51.7 Å². The van der Waals surface area contributed by atoms with Gasteiger partial charge in [0.05, 0.1) is 17.8 Å². The standard InChI is InChI=1S/C15H21FO4S.Na/c16-12-8-4-2-1-3-5-9-13-20-14-10-6-7-11-15(14)21(17,18)19;/h6-7,9-11,13H,1-5,8,12H2,(H,17,18,19);/q;+1/p-1. The van der Waals surface area contributed by atoms with Gasteiger partial charge in [0.2, 0.25) is 0 Å². The van der Waals surface area contributed by atoms with Gasteiger partial charge in [-0.2, -0.15) is 0 Å². The molecule has 1 rings (SSSR count). The molecule has 0 aliphatic carbocycles. The Balaban J connectivity index is 0.00000441. The summed E-state index contributed by atoms with van der Waals surface area (Å²) in [5, 5.41) is 0. The fourth-order valence-corrected chi connectivity index (χ4v) is 2.44. The molecule has 0 fully saturated rings. The summed E-state index contributed by atoms with van der Waals surface area (Å²) >= 11 is 0. The number of hydrogen-bond donors (Lipinski definition) is 0. The van der Waals surface area contributed by atoms with Gasteiger partial charge in [0.15, 0.2) is 0 Å². The zero-order chi connectivity index (χ0) is 15.6. The van der Waals surface area contributed by atoms with Crippen molar-refractivity contribution in [3.05, 3.63) is 36.6 Å². The second kappa shape index (κ2) is 12.1. The van der Waals surface area contributed by atoms with Gasteiger partial charge in [0, 0.05) is 0 Å². The molecule has 1 aromatic rings. The van der Waals surface area contributed by atoms with Gasteiger partial charge >= 0.3 is 29.6 Å². The summed E-state index contributed by atoms with van der Waals surface area (Å²) in [6.07, 6.45) is 8.50. The molecule has 0 amide bonds. The summed E-state index contributed by atoms with van der Waals surface area (Å²) in [5.41, 5.74) is 0. The maximum Gasteiger partial charge on any atom is 1.00 e. The second-order valence-electron chi connectivity index (χ2n) is 4.64. The van der Waals surface area contributed by atoms with Crippen molar-refractivity contribution >= 4 is 10.1 Å². The maximum atomic E-state index is 11.9. The van der Waals surface area contributed by atoms with Crippen molar-refractivity contribution in [1.82, 2.24) is 0 Å². The number of alkyl halides is 1. The Morgan fingerprint density at radius 3 is 2.41 bits per heavy atom. The van der Waals surface area contributed by atoms with Gasteiger partial charge < -0.3 is 9.29 Å². The summed E-state index contributed by atoms with van der Waals surface area (Å²) in [5.74, 6) is 0.0340. The van der Waals surface area contributed by atoms with E-state index in [0.717, 1.165) is 32.1 Å². The van der Waals surface area contributed by atoms with Gasteiger partial charge in [-0.25, -0.2) is 8.42 Å². The molecule has 0 unspecified atom stereocenters. The van der Waals surface area contributed by atoms with E-state index in [9.17, 15) is 17.4 Å². The molecular formula is C15H20FNaO4S. The molecule has 4 nitrogen and oxygen atoms in total. The number of hydrogen-bond acceptors (Lipinski definition) is 4. The Morgan fingerprint density at radius 1 is 1.09 bits per heavy atom. The summed E-state index contributed by atoms with van der Waals surface area (Å²) < 4.78 is 50.1. The molecule has 0 aromatic heterocycles. The zero-order valence-corrected chi connectivity index (χ0v) is 15.6. The molecule has 7 heteroatoms. The maximum absolute atomic E-state index is 11.9. The van der Waals surface area contributed by atoms with Crippen LogP contribution in [-0.2, 0) is 10.1 Å². The van der Waals surface area contributed by atoms with E-state index in [1.165, 1.54) is 24.5 Å². The molecule has 0 spiro atoms. The first-order valence-electron chi connectivity index (χ1n) is 6.98. The number of para-hydroxylation sites is 1. The van der Waals surface area contributed by atoms with Gasteiger partial charge in [-0.05, 0) is 37.5 Å². The van der Waals surface area contributed by atoms with Crippen molar-refractivity contribution in [2.24, 2.45) is 0 Å². The van der Waals surface area contributed by atoms with E-state index in [1.54, 1.807) is 12.1 Å². The molecule has 0 aliphatic heterocycles. The van der Waals surface area contributed by atoms with Gasteiger partial charge in [0.1, 0.15) is 15.9 Å². The molecule has 118 valence electrons. The van der Waals surface area contributed by atoms with Crippen molar-refractivity contribution in [3.63, 3.8) is 0 Å². The Bertz CT molecular complexity index is 546. The molecule has 0 saturated heterocycles. The third kappa shape index (κ3) is 8.90. The first-order chi connectivity index (χ1) is 10.1. The van der Waals surface area contributed by atoms with E-state index in [4.69, 9.17) is 4.74 Å². The number of unbranched alkanes of at least 4 members (excludes halogenated alkanes) is 5.